The molecular weight excluding hydrogens is 238 g/mol. The molecule has 0 bridgehead atoms. The lowest BCUT2D eigenvalue weighted by atomic mass is 10.1. The van der Waals surface area contributed by atoms with Gasteiger partial charge in [-0.2, -0.15) is 0 Å². The predicted molar refractivity (Wildman–Crippen MR) is 78.1 cm³/mol. The Morgan fingerprint density at radius 1 is 0.947 bits per heavy atom. The summed E-state index contributed by atoms with van der Waals surface area (Å²) in [7, 11) is 3.67. The highest BCUT2D eigenvalue weighted by atomic mass is 16.5. The maximum atomic E-state index is 9.50. The number of anilines is 2. The van der Waals surface area contributed by atoms with E-state index in [1.165, 1.54) is 0 Å². The van der Waals surface area contributed by atoms with Gasteiger partial charge < -0.3 is 14.7 Å². The fourth-order valence-electron chi connectivity index (χ4n) is 1.93. The lowest BCUT2D eigenvalue weighted by Gasteiger charge is -2.20. The molecule has 1 unspecified atom stereocenters. The molecule has 0 radical (unpaired) electrons. The average Bonchev–Trinajstić information content (AvgIpc) is 2.46. The summed E-state index contributed by atoms with van der Waals surface area (Å²) in [6.07, 6.45) is -0.430. The van der Waals surface area contributed by atoms with Crippen molar-refractivity contribution in [1.29, 1.82) is 0 Å². The van der Waals surface area contributed by atoms with Crippen LogP contribution in [-0.4, -0.2) is 19.3 Å². The van der Waals surface area contributed by atoms with E-state index in [-0.39, 0.29) is 0 Å². The van der Waals surface area contributed by atoms with E-state index >= 15 is 0 Å². The van der Waals surface area contributed by atoms with Gasteiger partial charge in [0.05, 0.1) is 13.2 Å². The van der Waals surface area contributed by atoms with Gasteiger partial charge in [-0.05, 0) is 48.9 Å². The molecule has 0 saturated heterocycles. The topological polar surface area (TPSA) is 32.7 Å². The summed E-state index contributed by atoms with van der Waals surface area (Å²) in [5.74, 6) is 0.849. The number of nitrogens with zero attached hydrogens (tertiary/aromatic N) is 1. The number of rotatable bonds is 4. The van der Waals surface area contributed by atoms with E-state index in [1.807, 2.05) is 55.6 Å². The summed E-state index contributed by atoms with van der Waals surface area (Å²) in [5.41, 5.74) is 3.09. The quantitative estimate of drug-likeness (QED) is 0.909. The standard InChI is InChI=1S/C16H19NO2/c1-12(18)13-4-6-14(7-5-13)17(2)15-8-10-16(19-3)11-9-15/h4-12,18H,1-3H3. The zero-order valence-electron chi connectivity index (χ0n) is 11.5. The van der Waals surface area contributed by atoms with Gasteiger partial charge in [-0.1, -0.05) is 12.1 Å². The number of methoxy groups -OCH3 is 1. The van der Waals surface area contributed by atoms with Crippen molar-refractivity contribution in [2.75, 3.05) is 19.1 Å². The highest BCUT2D eigenvalue weighted by Gasteiger charge is 2.05. The van der Waals surface area contributed by atoms with Crippen molar-refractivity contribution in [2.45, 2.75) is 13.0 Å². The number of hydrogen-bond donors (Lipinski definition) is 1. The molecule has 1 atom stereocenters. The van der Waals surface area contributed by atoms with Gasteiger partial charge in [0.1, 0.15) is 5.75 Å². The van der Waals surface area contributed by atoms with Crippen molar-refractivity contribution in [3.8, 4) is 5.75 Å². The third-order valence-electron chi connectivity index (χ3n) is 3.22. The Kier molecular flexibility index (Phi) is 4.07. The van der Waals surface area contributed by atoms with Crippen LogP contribution in [0.2, 0.25) is 0 Å². The lowest BCUT2D eigenvalue weighted by Crippen LogP contribution is -2.09. The Morgan fingerprint density at radius 3 is 1.84 bits per heavy atom. The minimum Gasteiger partial charge on any atom is -0.497 e. The van der Waals surface area contributed by atoms with Crippen LogP contribution in [0.25, 0.3) is 0 Å². The average molecular weight is 257 g/mol. The molecule has 0 fully saturated rings. The second-order valence-corrected chi connectivity index (χ2v) is 4.52. The van der Waals surface area contributed by atoms with E-state index in [0.29, 0.717) is 0 Å². The Balaban J connectivity index is 2.20. The van der Waals surface area contributed by atoms with Crippen molar-refractivity contribution in [2.24, 2.45) is 0 Å². The minimum absolute atomic E-state index is 0.430. The molecular formula is C16H19NO2. The molecule has 0 amide bonds. The zero-order chi connectivity index (χ0) is 13.8. The Labute approximate surface area is 114 Å². The first-order valence-corrected chi connectivity index (χ1v) is 6.27. The molecule has 100 valence electrons. The van der Waals surface area contributed by atoms with Gasteiger partial charge >= 0.3 is 0 Å². The third kappa shape index (κ3) is 3.06. The van der Waals surface area contributed by atoms with E-state index in [9.17, 15) is 5.11 Å². The first-order valence-electron chi connectivity index (χ1n) is 6.27. The summed E-state index contributed by atoms with van der Waals surface area (Å²) in [4.78, 5) is 2.09. The number of ether oxygens (including phenoxy) is 1. The monoisotopic (exact) mass is 257 g/mol. The van der Waals surface area contributed by atoms with E-state index in [1.54, 1.807) is 14.0 Å². The van der Waals surface area contributed by atoms with Crippen LogP contribution in [0, 0.1) is 0 Å². The second kappa shape index (κ2) is 5.76. The predicted octanol–water partition coefficient (Wildman–Crippen LogP) is 3.52. The van der Waals surface area contributed by atoms with Crippen molar-refractivity contribution < 1.29 is 9.84 Å². The van der Waals surface area contributed by atoms with Gasteiger partial charge in [0, 0.05) is 18.4 Å². The molecule has 1 N–H and O–H groups in total. The van der Waals surface area contributed by atoms with E-state index in [0.717, 1.165) is 22.7 Å². The molecule has 0 heterocycles. The van der Waals surface area contributed by atoms with Crippen molar-refractivity contribution in [3.05, 3.63) is 54.1 Å². The molecule has 0 spiro atoms. The van der Waals surface area contributed by atoms with Crippen molar-refractivity contribution in [3.63, 3.8) is 0 Å². The minimum atomic E-state index is -0.430. The van der Waals surface area contributed by atoms with Gasteiger partial charge in [-0.25, -0.2) is 0 Å². The molecule has 19 heavy (non-hydrogen) atoms. The normalized spacial score (nSPS) is 12.0. The number of aliphatic hydroxyl groups is 1. The Hall–Kier alpha value is -2.00. The molecule has 0 aliphatic carbocycles. The summed E-state index contributed by atoms with van der Waals surface area (Å²) in [6.45, 7) is 1.77. The van der Waals surface area contributed by atoms with Crippen LogP contribution in [0.1, 0.15) is 18.6 Å². The molecule has 2 rings (SSSR count). The molecule has 2 aromatic carbocycles. The summed E-state index contributed by atoms with van der Waals surface area (Å²) < 4.78 is 5.15. The van der Waals surface area contributed by atoms with Gasteiger partial charge in [0.15, 0.2) is 0 Å². The van der Waals surface area contributed by atoms with Crippen molar-refractivity contribution in [1.82, 2.24) is 0 Å². The van der Waals surface area contributed by atoms with Crippen LogP contribution in [0.5, 0.6) is 5.75 Å². The van der Waals surface area contributed by atoms with E-state index in [2.05, 4.69) is 4.90 Å². The molecule has 0 aliphatic rings. The Morgan fingerprint density at radius 2 is 1.42 bits per heavy atom. The Bertz CT molecular complexity index is 517. The zero-order valence-corrected chi connectivity index (χ0v) is 11.5. The molecule has 0 saturated carbocycles. The van der Waals surface area contributed by atoms with Crippen LogP contribution < -0.4 is 9.64 Å². The maximum absolute atomic E-state index is 9.50. The molecule has 3 heteroatoms. The summed E-state index contributed by atoms with van der Waals surface area (Å²) >= 11 is 0. The number of aliphatic hydroxyl groups excluding tert-OH is 1. The van der Waals surface area contributed by atoms with Crippen LogP contribution in [0.3, 0.4) is 0 Å². The van der Waals surface area contributed by atoms with Gasteiger partial charge in [0.25, 0.3) is 0 Å². The van der Waals surface area contributed by atoms with Crippen molar-refractivity contribution >= 4 is 11.4 Å². The third-order valence-corrected chi connectivity index (χ3v) is 3.22. The molecule has 0 aliphatic heterocycles. The summed E-state index contributed by atoms with van der Waals surface area (Å²) in [6, 6.07) is 15.8. The second-order valence-electron chi connectivity index (χ2n) is 4.52. The summed E-state index contributed by atoms with van der Waals surface area (Å²) in [5, 5.41) is 9.50. The van der Waals surface area contributed by atoms with Gasteiger partial charge in [-0.3, -0.25) is 0 Å². The highest BCUT2D eigenvalue weighted by molar-refractivity contribution is 5.63. The van der Waals surface area contributed by atoms with Gasteiger partial charge in [-0.15, -0.1) is 0 Å². The maximum Gasteiger partial charge on any atom is 0.119 e. The number of benzene rings is 2. The SMILES string of the molecule is COc1ccc(N(C)c2ccc(C(C)O)cc2)cc1. The first-order chi connectivity index (χ1) is 9.11. The van der Waals surface area contributed by atoms with Gasteiger partial charge in [0.2, 0.25) is 0 Å². The van der Waals surface area contributed by atoms with E-state index < -0.39 is 6.10 Å². The highest BCUT2D eigenvalue weighted by Crippen LogP contribution is 2.26. The smallest absolute Gasteiger partial charge is 0.119 e. The van der Waals surface area contributed by atoms with Crippen LogP contribution in [0.4, 0.5) is 11.4 Å². The van der Waals surface area contributed by atoms with E-state index in [4.69, 9.17) is 4.74 Å². The number of hydrogen-bond acceptors (Lipinski definition) is 3. The van der Waals surface area contributed by atoms with Crippen LogP contribution >= 0.6 is 0 Å². The largest absolute Gasteiger partial charge is 0.497 e. The van der Waals surface area contributed by atoms with Crippen LogP contribution in [-0.2, 0) is 0 Å². The van der Waals surface area contributed by atoms with Crippen LogP contribution in [0.15, 0.2) is 48.5 Å². The first kappa shape index (κ1) is 13.4. The lowest BCUT2D eigenvalue weighted by molar-refractivity contribution is 0.199. The molecule has 3 nitrogen and oxygen atoms in total. The fraction of sp³-hybridized carbons (Fsp3) is 0.250. The fourth-order valence-corrected chi connectivity index (χ4v) is 1.93. The molecule has 0 aromatic heterocycles. The molecule has 2 aromatic rings.